The van der Waals surface area contributed by atoms with Crippen LogP contribution in [0.2, 0.25) is 0 Å². The van der Waals surface area contributed by atoms with Crippen molar-refractivity contribution in [3.05, 3.63) is 168 Å². The van der Waals surface area contributed by atoms with E-state index in [1.807, 2.05) is 116 Å². The number of nitrogens with zero attached hydrogens (tertiary/aromatic N) is 6. The van der Waals surface area contributed by atoms with Gasteiger partial charge in [-0.05, 0) is 150 Å². The fourth-order valence-electron chi connectivity index (χ4n) is 9.09. The largest absolute Gasteiger partial charge is 0.390 e. The molecule has 0 fully saturated rings. The summed E-state index contributed by atoms with van der Waals surface area (Å²) in [6.45, 7) is 14.1. The van der Waals surface area contributed by atoms with Crippen LogP contribution in [0.5, 0.6) is 0 Å². The van der Waals surface area contributed by atoms with Crippen LogP contribution in [0.3, 0.4) is 0 Å². The molecule has 0 saturated carbocycles. The lowest BCUT2D eigenvalue weighted by Crippen LogP contribution is -2.34. The SMILES string of the molecule is Cc1ccccc1-c1ccc(-c2nc(-c3ccc4c(ccn4CC(=O)OC(=O)C(n4ccc5cc(-c6noc(-c7ccc(-c8ccccc8C)c(C)c7)n6)ccc54)C(C)(C)C)c3)no2)cc1C. The fourth-order valence-corrected chi connectivity index (χ4v) is 9.09. The first-order chi connectivity index (χ1) is 32.3. The van der Waals surface area contributed by atoms with Crippen molar-refractivity contribution < 1.29 is 23.4 Å². The van der Waals surface area contributed by atoms with Crippen LogP contribution in [0.25, 0.3) is 89.7 Å². The van der Waals surface area contributed by atoms with Crippen molar-refractivity contribution >= 4 is 33.7 Å². The maximum absolute atomic E-state index is 14.0. The molecule has 0 radical (unpaired) electrons. The number of fused-ring (bicyclic) bond motifs is 2. The highest BCUT2D eigenvalue weighted by Crippen LogP contribution is 2.37. The summed E-state index contributed by atoms with van der Waals surface area (Å²) in [4.78, 5) is 36.9. The van der Waals surface area contributed by atoms with Crippen molar-refractivity contribution in [2.45, 2.75) is 61.1 Å². The van der Waals surface area contributed by atoms with E-state index in [2.05, 4.69) is 86.5 Å². The first kappa shape index (κ1) is 42.8. The minimum Gasteiger partial charge on any atom is -0.390 e. The van der Waals surface area contributed by atoms with Crippen molar-refractivity contribution in [2.24, 2.45) is 5.41 Å². The second-order valence-corrected chi connectivity index (χ2v) is 18.3. The van der Waals surface area contributed by atoms with Crippen molar-refractivity contribution in [2.75, 3.05) is 0 Å². The first-order valence-electron chi connectivity index (χ1n) is 22.3. The number of rotatable bonds is 10. The third kappa shape index (κ3) is 8.25. The summed E-state index contributed by atoms with van der Waals surface area (Å²) in [6, 6.07) is 43.5. The van der Waals surface area contributed by atoms with Crippen molar-refractivity contribution in [3.63, 3.8) is 0 Å². The van der Waals surface area contributed by atoms with Gasteiger partial charge in [0.2, 0.25) is 11.6 Å². The first-order valence-corrected chi connectivity index (χ1v) is 22.3. The predicted molar refractivity (Wildman–Crippen MR) is 261 cm³/mol. The number of ether oxygens (including phenoxy) is 1. The van der Waals surface area contributed by atoms with Gasteiger partial charge in [-0.2, -0.15) is 9.97 Å². The molecule has 11 heteroatoms. The Balaban J connectivity index is 0.819. The summed E-state index contributed by atoms with van der Waals surface area (Å²) >= 11 is 0. The molecule has 0 bridgehead atoms. The number of hydrogen-bond donors (Lipinski definition) is 0. The lowest BCUT2D eigenvalue weighted by atomic mass is 9.86. The lowest BCUT2D eigenvalue weighted by Gasteiger charge is -2.30. The summed E-state index contributed by atoms with van der Waals surface area (Å²) in [5.41, 5.74) is 13.5. The van der Waals surface area contributed by atoms with E-state index in [4.69, 9.17) is 23.8 Å². The normalized spacial score (nSPS) is 12.2. The van der Waals surface area contributed by atoms with E-state index >= 15 is 0 Å². The molecular formula is C56H48N6O5. The number of aryl methyl sites for hydroxylation is 4. The highest BCUT2D eigenvalue weighted by molar-refractivity contribution is 5.92. The third-order valence-electron chi connectivity index (χ3n) is 12.5. The number of carbonyl (C=O) groups is 2. The van der Waals surface area contributed by atoms with E-state index in [-0.39, 0.29) is 6.54 Å². The van der Waals surface area contributed by atoms with Gasteiger partial charge in [0.15, 0.2) is 0 Å². The van der Waals surface area contributed by atoms with Crippen LogP contribution in [0.15, 0.2) is 155 Å². The van der Waals surface area contributed by atoms with E-state index < -0.39 is 23.4 Å². The highest BCUT2D eigenvalue weighted by Gasteiger charge is 2.36. The van der Waals surface area contributed by atoms with Gasteiger partial charge in [-0.15, -0.1) is 0 Å². The Morgan fingerprint density at radius 2 is 1.03 bits per heavy atom. The number of benzene rings is 6. The van der Waals surface area contributed by atoms with Gasteiger partial charge >= 0.3 is 11.9 Å². The Morgan fingerprint density at radius 1 is 0.552 bits per heavy atom. The van der Waals surface area contributed by atoms with Crippen molar-refractivity contribution in [1.82, 2.24) is 29.4 Å². The monoisotopic (exact) mass is 884 g/mol. The standard InChI is InChI=1S/C56H48N6O5/c1-33-12-8-10-14-43(33)45-20-16-41(28-35(45)3)53-57-51(59-66-53)39-18-22-47-37(30-39)24-26-61(47)32-49(63)65-55(64)50(56(5,6)7)62-27-25-38-31-40(19-23-48(38)62)52-58-54(67-60-52)42-17-21-46(36(4)29-42)44-15-11-9-13-34(44)2/h8-31,50H,32H2,1-7H3. The average Bonchev–Trinajstić information content (AvgIpc) is 4.14. The average molecular weight is 885 g/mol. The summed E-state index contributed by atoms with van der Waals surface area (Å²) in [7, 11) is 0. The molecular weight excluding hydrogens is 837 g/mol. The zero-order chi connectivity index (χ0) is 46.6. The van der Waals surface area contributed by atoms with Gasteiger partial charge in [-0.3, -0.25) is 0 Å². The molecule has 1 atom stereocenters. The van der Waals surface area contributed by atoms with Crippen LogP contribution in [0, 0.1) is 33.1 Å². The zero-order valence-electron chi connectivity index (χ0n) is 38.4. The third-order valence-corrected chi connectivity index (χ3v) is 12.5. The van der Waals surface area contributed by atoms with Crippen molar-refractivity contribution in [1.29, 1.82) is 0 Å². The van der Waals surface area contributed by atoms with Crippen LogP contribution in [0.4, 0.5) is 0 Å². The lowest BCUT2D eigenvalue weighted by molar-refractivity contribution is -0.164. The molecule has 11 nitrogen and oxygen atoms in total. The maximum atomic E-state index is 14.0. The second-order valence-electron chi connectivity index (χ2n) is 18.3. The van der Waals surface area contributed by atoms with Gasteiger partial charge in [-0.25, -0.2) is 9.59 Å². The van der Waals surface area contributed by atoms with Crippen LogP contribution in [-0.2, 0) is 20.9 Å². The second kappa shape index (κ2) is 17.0. The maximum Gasteiger partial charge on any atom is 0.337 e. The van der Waals surface area contributed by atoms with E-state index in [0.717, 1.165) is 66.3 Å². The molecule has 332 valence electrons. The Hall–Kier alpha value is -8.18. The van der Waals surface area contributed by atoms with E-state index in [9.17, 15) is 9.59 Å². The molecule has 1 unspecified atom stereocenters. The molecule has 0 aliphatic rings. The summed E-state index contributed by atoms with van der Waals surface area (Å²) in [5.74, 6) is 0.445. The molecule has 4 heterocycles. The van der Waals surface area contributed by atoms with Crippen LogP contribution >= 0.6 is 0 Å². The molecule has 10 rings (SSSR count). The number of carbonyl (C=O) groups excluding carboxylic acids is 2. The Kier molecular flexibility index (Phi) is 10.8. The van der Waals surface area contributed by atoms with Gasteiger partial charge in [0.25, 0.3) is 11.8 Å². The number of esters is 2. The quantitative estimate of drug-likeness (QED) is 0.0972. The van der Waals surface area contributed by atoms with Gasteiger partial charge in [0.1, 0.15) is 12.6 Å². The van der Waals surface area contributed by atoms with Gasteiger partial charge < -0.3 is 22.9 Å². The smallest absolute Gasteiger partial charge is 0.337 e. The van der Waals surface area contributed by atoms with Crippen LogP contribution in [0.1, 0.15) is 49.1 Å². The summed E-state index contributed by atoms with van der Waals surface area (Å²) in [5, 5.41) is 10.3. The number of aromatic nitrogens is 6. The predicted octanol–water partition coefficient (Wildman–Crippen LogP) is 13.0. The van der Waals surface area contributed by atoms with E-state index in [0.29, 0.717) is 23.4 Å². The molecule has 0 N–H and O–H groups in total. The molecule has 0 spiro atoms. The van der Waals surface area contributed by atoms with E-state index in [1.165, 1.54) is 22.3 Å². The molecule has 0 aliphatic carbocycles. The molecule has 0 saturated heterocycles. The molecule has 10 aromatic rings. The highest BCUT2D eigenvalue weighted by atomic mass is 16.6. The molecule has 4 aromatic heterocycles. The molecule has 67 heavy (non-hydrogen) atoms. The zero-order valence-corrected chi connectivity index (χ0v) is 38.4. The Bertz CT molecular complexity index is 3530. The van der Waals surface area contributed by atoms with Crippen LogP contribution < -0.4 is 0 Å². The molecule has 0 aliphatic heterocycles. The molecule has 6 aromatic carbocycles. The van der Waals surface area contributed by atoms with Crippen LogP contribution in [-0.4, -0.2) is 41.4 Å². The Labute approximate surface area is 387 Å². The van der Waals surface area contributed by atoms with Crippen molar-refractivity contribution in [3.8, 4) is 67.9 Å². The fraction of sp³-hybridized carbons (Fsp3) is 0.179. The summed E-state index contributed by atoms with van der Waals surface area (Å²) in [6.07, 6.45) is 3.65. The van der Waals surface area contributed by atoms with Gasteiger partial charge in [0, 0.05) is 56.5 Å². The topological polar surface area (TPSA) is 131 Å². The molecule has 0 amide bonds. The van der Waals surface area contributed by atoms with E-state index in [1.54, 1.807) is 10.8 Å². The minimum atomic E-state index is -0.804. The number of hydrogen-bond acceptors (Lipinski definition) is 9. The van der Waals surface area contributed by atoms with Gasteiger partial charge in [-0.1, -0.05) is 91.7 Å². The minimum absolute atomic E-state index is 0.158. The van der Waals surface area contributed by atoms with Gasteiger partial charge in [0.05, 0.1) is 0 Å². The summed E-state index contributed by atoms with van der Waals surface area (Å²) < 4.78 is 20.7. The Morgan fingerprint density at radius 3 is 1.55 bits per heavy atom.